The summed E-state index contributed by atoms with van der Waals surface area (Å²) in [6.07, 6.45) is 5.15. The molecule has 0 aliphatic carbocycles. The third-order valence-electron chi connectivity index (χ3n) is 5.45. The van der Waals surface area contributed by atoms with Gasteiger partial charge in [0.25, 0.3) is 5.91 Å². The first kappa shape index (κ1) is 21.5. The lowest BCUT2D eigenvalue weighted by molar-refractivity contribution is 0.0628. The molecule has 8 heteroatoms. The number of pyridine rings is 2. The molecule has 8 nitrogen and oxygen atoms in total. The van der Waals surface area contributed by atoms with Crippen LogP contribution in [-0.4, -0.2) is 64.7 Å². The molecule has 1 aliphatic rings. The Bertz CT molecular complexity index is 1080. The Morgan fingerprint density at radius 1 is 0.969 bits per heavy atom. The standard InChI is InChI=1S/C24H26N6O2/c1-32-28-23(20-7-9-26-10-8-20)19-2-4-21(5-3-19)24(31)30-14-12-29(13-15-30)17-18-6-11-27-22(25)16-18/h2-11,16H,12-15,17H2,1H3,(H2,25,27)/b28-23+. The number of benzene rings is 1. The number of nitrogens with two attached hydrogens (primary N) is 1. The Kier molecular flexibility index (Phi) is 6.72. The maximum atomic E-state index is 13.0. The molecule has 1 aromatic carbocycles. The number of nitrogen functional groups attached to an aromatic ring is 1. The van der Waals surface area contributed by atoms with Gasteiger partial charge in [0, 0.05) is 68.0 Å². The second kappa shape index (κ2) is 10.0. The SMILES string of the molecule is CO/N=C(/c1ccncc1)c1ccc(C(=O)N2CCN(Cc3ccnc(N)c3)CC2)cc1. The number of aromatic nitrogens is 2. The van der Waals surface area contributed by atoms with E-state index in [-0.39, 0.29) is 5.91 Å². The van der Waals surface area contributed by atoms with E-state index in [1.54, 1.807) is 18.6 Å². The molecule has 1 saturated heterocycles. The average molecular weight is 431 g/mol. The van der Waals surface area contributed by atoms with Crippen LogP contribution in [0, 0.1) is 0 Å². The predicted octanol–water partition coefficient (Wildman–Crippen LogP) is 2.42. The average Bonchev–Trinajstić information content (AvgIpc) is 2.83. The van der Waals surface area contributed by atoms with E-state index >= 15 is 0 Å². The summed E-state index contributed by atoms with van der Waals surface area (Å²) in [5.74, 6) is 0.570. The van der Waals surface area contributed by atoms with Gasteiger partial charge in [0.15, 0.2) is 0 Å². The Hall–Kier alpha value is -3.78. The van der Waals surface area contributed by atoms with Crippen LogP contribution >= 0.6 is 0 Å². The minimum Gasteiger partial charge on any atom is -0.399 e. The zero-order valence-corrected chi connectivity index (χ0v) is 18.0. The van der Waals surface area contributed by atoms with Crippen LogP contribution in [0.5, 0.6) is 0 Å². The molecule has 1 amide bonds. The van der Waals surface area contributed by atoms with Gasteiger partial charge in [0.05, 0.1) is 0 Å². The highest BCUT2D eigenvalue weighted by Gasteiger charge is 2.22. The van der Waals surface area contributed by atoms with Crippen molar-refractivity contribution in [2.75, 3.05) is 39.0 Å². The van der Waals surface area contributed by atoms with Gasteiger partial charge in [-0.2, -0.15) is 0 Å². The first-order valence-corrected chi connectivity index (χ1v) is 10.5. The first-order valence-electron chi connectivity index (χ1n) is 10.5. The van der Waals surface area contributed by atoms with Crippen LogP contribution < -0.4 is 5.73 Å². The van der Waals surface area contributed by atoms with Crippen molar-refractivity contribution in [3.05, 3.63) is 89.4 Å². The molecular formula is C24H26N6O2. The maximum Gasteiger partial charge on any atom is 0.253 e. The van der Waals surface area contributed by atoms with E-state index in [1.807, 2.05) is 53.4 Å². The van der Waals surface area contributed by atoms with E-state index in [9.17, 15) is 4.79 Å². The van der Waals surface area contributed by atoms with Gasteiger partial charge in [-0.1, -0.05) is 17.3 Å². The maximum absolute atomic E-state index is 13.0. The monoisotopic (exact) mass is 430 g/mol. The molecule has 2 N–H and O–H groups in total. The number of hydrogen-bond acceptors (Lipinski definition) is 7. The molecule has 0 bridgehead atoms. The van der Waals surface area contributed by atoms with Gasteiger partial charge >= 0.3 is 0 Å². The van der Waals surface area contributed by atoms with Gasteiger partial charge < -0.3 is 15.5 Å². The van der Waals surface area contributed by atoms with Crippen molar-refractivity contribution >= 4 is 17.4 Å². The van der Waals surface area contributed by atoms with E-state index in [1.165, 1.54) is 7.11 Å². The lowest BCUT2D eigenvalue weighted by atomic mass is 10.0. The Labute approximate surface area is 187 Å². The number of nitrogens with zero attached hydrogens (tertiary/aromatic N) is 5. The zero-order chi connectivity index (χ0) is 22.3. The fourth-order valence-electron chi connectivity index (χ4n) is 3.79. The molecule has 1 aliphatic heterocycles. The molecule has 2 aromatic heterocycles. The summed E-state index contributed by atoms with van der Waals surface area (Å²) in [4.78, 5) is 30.3. The predicted molar refractivity (Wildman–Crippen MR) is 123 cm³/mol. The van der Waals surface area contributed by atoms with E-state index in [0.29, 0.717) is 30.2 Å². The molecule has 0 atom stereocenters. The molecule has 32 heavy (non-hydrogen) atoms. The number of amides is 1. The molecule has 4 rings (SSSR count). The fraction of sp³-hybridized carbons (Fsp3) is 0.250. The van der Waals surface area contributed by atoms with E-state index in [4.69, 9.17) is 10.6 Å². The van der Waals surface area contributed by atoms with Crippen molar-refractivity contribution in [2.24, 2.45) is 5.16 Å². The van der Waals surface area contributed by atoms with Crippen molar-refractivity contribution in [3.8, 4) is 0 Å². The quantitative estimate of drug-likeness (QED) is 0.477. The molecule has 164 valence electrons. The lowest BCUT2D eigenvalue weighted by Crippen LogP contribution is -2.48. The van der Waals surface area contributed by atoms with E-state index in [2.05, 4.69) is 20.0 Å². The fourth-order valence-corrected chi connectivity index (χ4v) is 3.79. The van der Waals surface area contributed by atoms with E-state index < -0.39 is 0 Å². The smallest absolute Gasteiger partial charge is 0.253 e. The van der Waals surface area contributed by atoms with Gasteiger partial charge in [0.2, 0.25) is 0 Å². The molecule has 0 radical (unpaired) electrons. The summed E-state index contributed by atoms with van der Waals surface area (Å²) in [6.45, 7) is 3.82. The Morgan fingerprint density at radius 2 is 1.62 bits per heavy atom. The van der Waals surface area contributed by atoms with Gasteiger partial charge in [-0.15, -0.1) is 0 Å². The van der Waals surface area contributed by atoms with E-state index in [0.717, 1.165) is 36.3 Å². The molecule has 1 fully saturated rings. The lowest BCUT2D eigenvalue weighted by Gasteiger charge is -2.34. The van der Waals surface area contributed by atoms with Crippen molar-refractivity contribution < 1.29 is 9.63 Å². The van der Waals surface area contributed by atoms with Crippen LogP contribution in [0.4, 0.5) is 5.82 Å². The van der Waals surface area contributed by atoms with Crippen LogP contribution in [0.15, 0.2) is 72.3 Å². The summed E-state index contributed by atoms with van der Waals surface area (Å²) >= 11 is 0. The van der Waals surface area contributed by atoms with Crippen LogP contribution in [-0.2, 0) is 11.4 Å². The number of carbonyl (C=O) groups excluding carboxylic acids is 1. The summed E-state index contributed by atoms with van der Waals surface area (Å²) < 4.78 is 0. The van der Waals surface area contributed by atoms with Crippen LogP contribution in [0.25, 0.3) is 0 Å². The summed E-state index contributed by atoms with van der Waals surface area (Å²) in [5.41, 5.74) is 10.0. The molecule has 3 aromatic rings. The first-order chi connectivity index (χ1) is 15.6. The zero-order valence-electron chi connectivity index (χ0n) is 18.0. The van der Waals surface area contributed by atoms with Crippen LogP contribution in [0.3, 0.4) is 0 Å². The van der Waals surface area contributed by atoms with Crippen molar-refractivity contribution in [1.29, 1.82) is 0 Å². The summed E-state index contributed by atoms with van der Waals surface area (Å²) in [6, 6.07) is 15.1. The third kappa shape index (κ3) is 5.09. The summed E-state index contributed by atoms with van der Waals surface area (Å²) in [5, 5.41) is 4.15. The van der Waals surface area contributed by atoms with Crippen molar-refractivity contribution in [1.82, 2.24) is 19.8 Å². The number of piperazine rings is 1. The normalized spacial score (nSPS) is 14.9. The van der Waals surface area contributed by atoms with Crippen molar-refractivity contribution in [2.45, 2.75) is 6.54 Å². The summed E-state index contributed by atoms with van der Waals surface area (Å²) in [7, 11) is 1.52. The molecule has 0 unspecified atom stereocenters. The highest BCUT2D eigenvalue weighted by atomic mass is 16.6. The Balaban J connectivity index is 1.38. The largest absolute Gasteiger partial charge is 0.399 e. The van der Waals surface area contributed by atoms with Gasteiger partial charge in [-0.3, -0.25) is 14.7 Å². The highest BCUT2D eigenvalue weighted by molar-refractivity contribution is 6.12. The molecule has 0 saturated carbocycles. The minimum atomic E-state index is 0.0403. The van der Waals surface area contributed by atoms with Crippen LogP contribution in [0.1, 0.15) is 27.0 Å². The molecular weight excluding hydrogens is 404 g/mol. The Morgan fingerprint density at radius 3 is 2.28 bits per heavy atom. The van der Waals surface area contributed by atoms with Crippen LogP contribution in [0.2, 0.25) is 0 Å². The minimum absolute atomic E-state index is 0.0403. The van der Waals surface area contributed by atoms with Crippen molar-refractivity contribution in [3.63, 3.8) is 0 Å². The molecule has 3 heterocycles. The highest BCUT2D eigenvalue weighted by Crippen LogP contribution is 2.16. The number of carbonyl (C=O) groups is 1. The van der Waals surface area contributed by atoms with Gasteiger partial charge in [-0.25, -0.2) is 4.98 Å². The van der Waals surface area contributed by atoms with Gasteiger partial charge in [-0.05, 0) is 42.0 Å². The van der Waals surface area contributed by atoms with Gasteiger partial charge in [0.1, 0.15) is 18.6 Å². The second-order valence-electron chi connectivity index (χ2n) is 7.59. The number of oxime groups is 1. The molecule has 0 spiro atoms. The number of anilines is 1. The topological polar surface area (TPSA) is 96.9 Å². The third-order valence-corrected chi connectivity index (χ3v) is 5.45. The number of hydrogen-bond donors (Lipinski definition) is 1. The number of rotatable bonds is 6. The second-order valence-corrected chi connectivity index (χ2v) is 7.59.